The van der Waals surface area contributed by atoms with Crippen LogP contribution >= 0.6 is 0 Å². The van der Waals surface area contributed by atoms with Crippen LogP contribution in [0.5, 0.6) is 0 Å². The van der Waals surface area contributed by atoms with Gasteiger partial charge >= 0.3 is 0 Å². The highest BCUT2D eigenvalue weighted by Gasteiger charge is 2.23. The first-order valence-corrected chi connectivity index (χ1v) is 7.62. The molecule has 1 heterocycles. The summed E-state index contributed by atoms with van der Waals surface area (Å²) in [6.45, 7) is -0.462. The number of sulfonamides is 1. The van der Waals surface area contributed by atoms with Gasteiger partial charge in [0.25, 0.3) is 0 Å². The number of nitrogens with zero attached hydrogens (tertiary/aromatic N) is 3. The second-order valence-electron chi connectivity index (χ2n) is 4.63. The van der Waals surface area contributed by atoms with Gasteiger partial charge in [0.15, 0.2) is 0 Å². The minimum atomic E-state index is -3.78. The van der Waals surface area contributed by atoms with Crippen molar-refractivity contribution in [1.29, 1.82) is 0 Å². The summed E-state index contributed by atoms with van der Waals surface area (Å²) < 4.78 is 41.1. The predicted octanol–water partition coefficient (Wildman–Crippen LogP) is 0.872. The quantitative estimate of drug-likeness (QED) is 0.889. The van der Waals surface area contributed by atoms with Crippen LogP contribution in [0.3, 0.4) is 0 Å². The van der Waals surface area contributed by atoms with Crippen LogP contribution in [0.1, 0.15) is 11.4 Å². The Morgan fingerprint density at radius 1 is 1.43 bits per heavy atom. The highest BCUT2D eigenvalue weighted by atomic mass is 32.2. The molecule has 0 aliphatic rings. The number of aliphatic hydroxyl groups excluding tert-OH is 1. The smallest absolute Gasteiger partial charge is 0.243 e. The monoisotopic (exact) mass is 313 g/mol. The molecule has 0 radical (unpaired) electrons. The fourth-order valence-corrected chi connectivity index (χ4v) is 3.02. The zero-order valence-corrected chi connectivity index (χ0v) is 12.5. The van der Waals surface area contributed by atoms with Crippen molar-refractivity contribution in [2.24, 2.45) is 7.05 Å². The van der Waals surface area contributed by atoms with Crippen molar-refractivity contribution in [3.8, 4) is 0 Å². The third-order valence-electron chi connectivity index (χ3n) is 3.18. The van der Waals surface area contributed by atoms with E-state index in [1.165, 1.54) is 13.1 Å². The molecular formula is C13H16FN3O3S. The van der Waals surface area contributed by atoms with Crippen LogP contribution in [0, 0.1) is 5.82 Å². The Morgan fingerprint density at radius 3 is 2.71 bits per heavy atom. The summed E-state index contributed by atoms with van der Waals surface area (Å²) in [5.41, 5.74) is -0.0542. The second kappa shape index (κ2) is 5.92. The van der Waals surface area contributed by atoms with Crippen LogP contribution in [0.15, 0.2) is 35.5 Å². The minimum absolute atomic E-state index is 0.0542. The van der Waals surface area contributed by atoms with E-state index < -0.39 is 22.4 Å². The van der Waals surface area contributed by atoms with Gasteiger partial charge in [-0.25, -0.2) is 17.8 Å². The Morgan fingerprint density at radius 2 is 2.14 bits per heavy atom. The van der Waals surface area contributed by atoms with E-state index in [2.05, 4.69) is 4.98 Å². The van der Waals surface area contributed by atoms with Crippen LogP contribution in [-0.4, -0.2) is 34.4 Å². The van der Waals surface area contributed by atoms with E-state index in [-0.39, 0.29) is 17.0 Å². The zero-order valence-electron chi connectivity index (χ0n) is 11.7. The van der Waals surface area contributed by atoms with Gasteiger partial charge in [0, 0.05) is 32.1 Å². The normalized spacial score (nSPS) is 12.0. The summed E-state index contributed by atoms with van der Waals surface area (Å²) in [4.78, 5) is 4.00. The first kappa shape index (κ1) is 15.6. The van der Waals surface area contributed by atoms with Crippen LogP contribution in [0.2, 0.25) is 0 Å². The lowest BCUT2D eigenvalue weighted by atomic mass is 10.2. The van der Waals surface area contributed by atoms with Crippen LogP contribution in [0.25, 0.3) is 0 Å². The third-order valence-corrected chi connectivity index (χ3v) is 4.98. The molecule has 0 saturated carbocycles. The molecule has 0 unspecified atom stereocenters. The van der Waals surface area contributed by atoms with E-state index in [1.54, 1.807) is 24.0 Å². The molecule has 0 bridgehead atoms. The summed E-state index contributed by atoms with van der Waals surface area (Å²) in [6, 6.07) is 3.35. The molecule has 0 saturated heterocycles. The number of halogens is 1. The summed E-state index contributed by atoms with van der Waals surface area (Å²) >= 11 is 0. The Balaban J connectivity index is 2.31. The molecule has 0 aliphatic heterocycles. The van der Waals surface area contributed by atoms with Crippen molar-refractivity contribution in [3.63, 3.8) is 0 Å². The average molecular weight is 313 g/mol. The van der Waals surface area contributed by atoms with Gasteiger partial charge in [-0.05, 0) is 18.2 Å². The van der Waals surface area contributed by atoms with Crippen LogP contribution < -0.4 is 0 Å². The largest absolute Gasteiger partial charge is 0.392 e. The fourth-order valence-electron chi connectivity index (χ4n) is 1.85. The van der Waals surface area contributed by atoms with E-state index in [0.717, 1.165) is 16.4 Å². The number of rotatable bonds is 5. The van der Waals surface area contributed by atoms with Crippen molar-refractivity contribution in [2.45, 2.75) is 18.0 Å². The van der Waals surface area contributed by atoms with Gasteiger partial charge in [-0.1, -0.05) is 0 Å². The number of hydrogen-bond acceptors (Lipinski definition) is 4. The van der Waals surface area contributed by atoms with E-state index in [0.29, 0.717) is 5.82 Å². The first-order chi connectivity index (χ1) is 9.86. The predicted molar refractivity (Wildman–Crippen MR) is 74.2 cm³/mol. The van der Waals surface area contributed by atoms with E-state index in [1.807, 2.05) is 0 Å². The number of hydrogen-bond donors (Lipinski definition) is 1. The maximum absolute atomic E-state index is 13.3. The Labute approximate surface area is 122 Å². The topological polar surface area (TPSA) is 75.4 Å². The molecular weight excluding hydrogens is 297 g/mol. The highest BCUT2D eigenvalue weighted by Crippen LogP contribution is 2.19. The van der Waals surface area contributed by atoms with Crippen molar-refractivity contribution >= 4 is 10.0 Å². The SMILES string of the molecule is CN(Cc1nccn1C)S(=O)(=O)c1ccc(F)c(CO)c1. The Kier molecular flexibility index (Phi) is 4.40. The van der Waals surface area contributed by atoms with Gasteiger partial charge in [0.1, 0.15) is 11.6 Å². The van der Waals surface area contributed by atoms with Gasteiger partial charge in [-0.15, -0.1) is 0 Å². The van der Waals surface area contributed by atoms with Gasteiger partial charge in [-0.2, -0.15) is 4.31 Å². The number of aryl methyl sites for hydroxylation is 1. The molecule has 114 valence electrons. The molecule has 6 nitrogen and oxygen atoms in total. The molecule has 1 N–H and O–H groups in total. The van der Waals surface area contributed by atoms with Gasteiger partial charge in [-0.3, -0.25) is 0 Å². The van der Waals surface area contributed by atoms with Crippen molar-refractivity contribution in [3.05, 3.63) is 47.8 Å². The number of benzene rings is 1. The summed E-state index contributed by atoms with van der Waals surface area (Å²) in [7, 11) is -0.588. The maximum Gasteiger partial charge on any atom is 0.243 e. The first-order valence-electron chi connectivity index (χ1n) is 6.18. The second-order valence-corrected chi connectivity index (χ2v) is 6.67. The number of aromatic nitrogens is 2. The molecule has 8 heteroatoms. The van der Waals surface area contributed by atoms with Crippen molar-refractivity contribution in [2.75, 3.05) is 7.05 Å². The third kappa shape index (κ3) is 3.12. The standard InChI is InChI=1S/C13H16FN3O3S/c1-16-6-5-15-13(16)8-17(2)21(19,20)11-3-4-12(14)10(7-11)9-18/h3-7,18H,8-9H2,1-2H3. The maximum atomic E-state index is 13.3. The molecule has 2 aromatic rings. The summed E-state index contributed by atoms with van der Waals surface area (Å²) in [6.07, 6.45) is 3.30. The molecule has 0 amide bonds. The molecule has 2 rings (SSSR count). The molecule has 0 fully saturated rings. The van der Waals surface area contributed by atoms with Gasteiger partial charge in [0.05, 0.1) is 18.0 Å². The molecule has 1 aromatic heterocycles. The number of aliphatic hydroxyl groups is 1. The molecule has 21 heavy (non-hydrogen) atoms. The minimum Gasteiger partial charge on any atom is -0.392 e. The lowest BCUT2D eigenvalue weighted by molar-refractivity contribution is 0.275. The molecule has 0 spiro atoms. The van der Waals surface area contributed by atoms with Gasteiger partial charge < -0.3 is 9.67 Å². The Bertz CT molecular complexity index is 743. The molecule has 1 aromatic carbocycles. The Hall–Kier alpha value is -1.77. The van der Waals surface area contributed by atoms with Crippen molar-refractivity contribution in [1.82, 2.24) is 13.9 Å². The van der Waals surface area contributed by atoms with Crippen LogP contribution in [-0.2, 0) is 30.2 Å². The molecule has 0 atom stereocenters. The van der Waals surface area contributed by atoms with Crippen molar-refractivity contribution < 1.29 is 17.9 Å². The average Bonchev–Trinajstić information content (AvgIpc) is 2.84. The van der Waals surface area contributed by atoms with E-state index in [9.17, 15) is 12.8 Å². The zero-order chi connectivity index (χ0) is 15.6. The lowest BCUT2D eigenvalue weighted by Gasteiger charge is -2.17. The summed E-state index contributed by atoms with van der Waals surface area (Å²) in [5, 5.41) is 9.03. The summed E-state index contributed by atoms with van der Waals surface area (Å²) in [5.74, 6) is -0.0474. The number of imidazole rings is 1. The van der Waals surface area contributed by atoms with Gasteiger partial charge in [0.2, 0.25) is 10.0 Å². The van der Waals surface area contributed by atoms with Crippen LogP contribution in [0.4, 0.5) is 4.39 Å². The van der Waals surface area contributed by atoms with E-state index in [4.69, 9.17) is 5.11 Å². The molecule has 0 aliphatic carbocycles. The van der Waals surface area contributed by atoms with E-state index >= 15 is 0 Å². The fraction of sp³-hybridized carbons (Fsp3) is 0.308. The lowest BCUT2D eigenvalue weighted by Crippen LogP contribution is -2.28. The highest BCUT2D eigenvalue weighted by molar-refractivity contribution is 7.89.